The lowest BCUT2D eigenvalue weighted by Crippen LogP contribution is -2.50. The van der Waals surface area contributed by atoms with Crippen molar-refractivity contribution in [3.8, 4) is 5.75 Å². The van der Waals surface area contributed by atoms with Crippen molar-refractivity contribution in [2.75, 3.05) is 31.1 Å². The van der Waals surface area contributed by atoms with Crippen LogP contribution in [0.2, 0.25) is 0 Å². The van der Waals surface area contributed by atoms with Crippen LogP contribution < -0.4 is 4.90 Å². The third-order valence-corrected chi connectivity index (χ3v) is 4.84. The van der Waals surface area contributed by atoms with Gasteiger partial charge in [-0.25, -0.2) is 4.98 Å². The van der Waals surface area contributed by atoms with E-state index in [0.717, 1.165) is 18.9 Å². The molecule has 0 radical (unpaired) electrons. The monoisotopic (exact) mass is 339 g/mol. The van der Waals surface area contributed by atoms with Gasteiger partial charge in [-0.05, 0) is 23.1 Å². The Morgan fingerprint density at radius 3 is 2.36 bits per heavy atom. The van der Waals surface area contributed by atoms with Gasteiger partial charge < -0.3 is 14.9 Å². The maximum Gasteiger partial charge on any atom is 0.223 e. The number of aromatic nitrogens is 1. The highest BCUT2D eigenvalue weighted by Crippen LogP contribution is 2.28. The maximum absolute atomic E-state index is 12.7. The average Bonchev–Trinajstić information content (AvgIpc) is 2.63. The molecule has 5 nitrogen and oxygen atoms in total. The first-order valence-electron chi connectivity index (χ1n) is 8.69. The molecule has 2 heterocycles. The molecule has 0 unspecified atom stereocenters. The average molecular weight is 339 g/mol. The number of nitrogens with zero attached hydrogens (tertiary/aromatic N) is 3. The summed E-state index contributed by atoms with van der Waals surface area (Å²) >= 11 is 0. The van der Waals surface area contributed by atoms with E-state index in [4.69, 9.17) is 0 Å². The molecule has 0 aliphatic carbocycles. The molecule has 1 N–H and O–H groups in total. The summed E-state index contributed by atoms with van der Waals surface area (Å²) in [4.78, 5) is 21.1. The summed E-state index contributed by atoms with van der Waals surface area (Å²) in [6.07, 6.45) is 1.96. The molecule has 0 atom stereocenters. The van der Waals surface area contributed by atoms with E-state index in [0.29, 0.717) is 19.5 Å². The first kappa shape index (κ1) is 17.3. The molecule has 1 aliphatic rings. The molecule has 0 spiro atoms. The molecule has 1 aliphatic heterocycles. The minimum Gasteiger partial charge on any atom is -0.506 e. The first-order valence-corrected chi connectivity index (χ1v) is 8.69. The summed E-state index contributed by atoms with van der Waals surface area (Å²) in [6.45, 7) is 7.16. The summed E-state index contributed by atoms with van der Waals surface area (Å²) in [7, 11) is 0. The van der Waals surface area contributed by atoms with Gasteiger partial charge in [0.2, 0.25) is 5.91 Å². The molecule has 1 fully saturated rings. The van der Waals surface area contributed by atoms with Crippen LogP contribution in [-0.2, 0) is 10.2 Å². The van der Waals surface area contributed by atoms with Crippen LogP contribution in [0.4, 0.5) is 5.82 Å². The van der Waals surface area contributed by atoms with Gasteiger partial charge in [0, 0.05) is 32.6 Å². The number of carbonyl (C=O) groups is 1. The molecule has 3 rings (SSSR count). The van der Waals surface area contributed by atoms with Crippen LogP contribution in [0.25, 0.3) is 0 Å². The van der Waals surface area contributed by atoms with Crippen molar-refractivity contribution in [2.24, 2.45) is 0 Å². The Morgan fingerprint density at radius 1 is 1.08 bits per heavy atom. The van der Waals surface area contributed by atoms with Crippen molar-refractivity contribution in [1.82, 2.24) is 9.88 Å². The Labute approximate surface area is 148 Å². The van der Waals surface area contributed by atoms with Gasteiger partial charge in [-0.1, -0.05) is 44.2 Å². The zero-order valence-electron chi connectivity index (χ0n) is 14.9. The summed E-state index contributed by atoms with van der Waals surface area (Å²) in [6, 6.07) is 13.7. The summed E-state index contributed by atoms with van der Waals surface area (Å²) in [5.74, 6) is 1.21. The lowest BCUT2D eigenvalue weighted by atomic mass is 9.81. The van der Waals surface area contributed by atoms with E-state index in [9.17, 15) is 9.90 Å². The molecule has 25 heavy (non-hydrogen) atoms. The van der Waals surface area contributed by atoms with E-state index < -0.39 is 0 Å². The zero-order valence-corrected chi connectivity index (χ0v) is 14.9. The SMILES string of the molecule is CC(C)(CC(=O)N1CCN(c2ccc(O)cn2)CC1)c1ccccc1. The quantitative estimate of drug-likeness (QED) is 0.931. The number of hydrogen-bond donors (Lipinski definition) is 1. The van der Waals surface area contributed by atoms with Crippen molar-refractivity contribution >= 4 is 11.7 Å². The topological polar surface area (TPSA) is 56.7 Å². The van der Waals surface area contributed by atoms with E-state index in [1.807, 2.05) is 29.2 Å². The number of piperazine rings is 1. The van der Waals surface area contributed by atoms with Gasteiger partial charge >= 0.3 is 0 Å². The lowest BCUT2D eigenvalue weighted by Gasteiger charge is -2.37. The fourth-order valence-corrected chi connectivity index (χ4v) is 3.23. The first-order chi connectivity index (χ1) is 12.0. The van der Waals surface area contributed by atoms with Crippen molar-refractivity contribution in [1.29, 1.82) is 0 Å². The number of anilines is 1. The lowest BCUT2D eigenvalue weighted by molar-refractivity contribution is -0.132. The van der Waals surface area contributed by atoms with Gasteiger partial charge in [0.25, 0.3) is 0 Å². The van der Waals surface area contributed by atoms with E-state index in [1.54, 1.807) is 6.07 Å². The van der Waals surface area contributed by atoms with Crippen LogP contribution in [0.3, 0.4) is 0 Å². The standard InChI is InChI=1S/C20H25N3O2/c1-20(2,16-6-4-3-5-7-16)14-19(25)23-12-10-22(11-13-23)18-9-8-17(24)15-21-18/h3-9,15,24H,10-14H2,1-2H3. The van der Waals surface area contributed by atoms with Gasteiger partial charge in [0.05, 0.1) is 6.20 Å². The third kappa shape index (κ3) is 4.10. The highest BCUT2D eigenvalue weighted by atomic mass is 16.3. The van der Waals surface area contributed by atoms with Gasteiger partial charge in [-0.15, -0.1) is 0 Å². The molecule has 1 aromatic carbocycles. The Balaban J connectivity index is 1.57. The van der Waals surface area contributed by atoms with Gasteiger partial charge in [0.1, 0.15) is 11.6 Å². The summed E-state index contributed by atoms with van der Waals surface area (Å²) in [5, 5.41) is 9.34. The minimum absolute atomic E-state index is 0.167. The Kier molecular flexibility index (Phi) is 4.93. The highest BCUT2D eigenvalue weighted by molar-refractivity contribution is 5.78. The Bertz CT molecular complexity index is 705. The number of aromatic hydroxyl groups is 1. The molecule has 2 aromatic rings. The van der Waals surface area contributed by atoms with Gasteiger partial charge in [-0.3, -0.25) is 4.79 Å². The Hall–Kier alpha value is -2.56. The number of pyridine rings is 1. The molecule has 0 saturated carbocycles. The van der Waals surface area contributed by atoms with Crippen molar-refractivity contribution in [3.63, 3.8) is 0 Å². The number of rotatable bonds is 4. The summed E-state index contributed by atoms with van der Waals surface area (Å²) < 4.78 is 0. The van der Waals surface area contributed by atoms with Crippen LogP contribution in [0.1, 0.15) is 25.8 Å². The van der Waals surface area contributed by atoms with E-state index in [-0.39, 0.29) is 17.1 Å². The number of benzene rings is 1. The van der Waals surface area contributed by atoms with Gasteiger partial charge in [0.15, 0.2) is 0 Å². The van der Waals surface area contributed by atoms with Crippen LogP contribution in [0.5, 0.6) is 5.75 Å². The predicted octanol–water partition coefficient (Wildman–Crippen LogP) is 2.80. The zero-order chi connectivity index (χ0) is 17.9. The smallest absolute Gasteiger partial charge is 0.223 e. The second-order valence-electron chi connectivity index (χ2n) is 7.17. The third-order valence-electron chi connectivity index (χ3n) is 4.84. The molecule has 1 amide bonds. The number of amides is 1. The second kappa shape index (κ2) is 7.13. The fourth-order valence-electron chi connectivity index (χ4n) is 3.23. The number of carbonyl (C=O) groups excluding carboxylic acids is 1. The summed E-state index contributed by atoms with van der Waals surface area (Å²) in [5.41, 5.74) is 1.02. The van der Waals surface area contributed by atoms with E-state index in [1.165, 1.54) is 11.8 Å². The second-order valence-corrected chi connectivity index (χ2v) is 7.17. The molecular formula is C20H25N3O2. The molecule has 1 aromatic heterocycles. The molecule has 1 saturated heterocycles. The fraction of sp³-hybridized carbons (Fsp3) is 0.400. The van der Waals surface area contributed by atoms with Crippen LogP contribution in [0, 0.1) is 0 Å². The van der Waals surface area contributed by atoms with Crippen molar-refractivity contribution < 1.29 is 9.90 Å². The maximum atomic E-state index is 12.7. The molecule has 132 valence electrons. The highest BCUT2D eigenvalue weighted by Gasteiger charge is 2.29. The van der Waals surface area contributed by atoms with E-state index >= 15 is 0 Å². The minimum atomic E-state index is -0.173. The van der Waals surface area contributed by atoms with E-state index in [2.05, 4.69) is 35.9 Å². The normalized spacial score (nSPS) is 15.3. The molecule has 0 bridgehead atoms. The van der Waals surface area contributed by atoms with Crippen LogP contribution in [-0.4, -0.2) is 47.1 Å². The molecule has 5 heteroatoms. The van der Waals surface area contributed by atoms with Crippen LogP contribution >= 0.6 is 0 Å². The largest absolute Gasteiger partial charge is 0.506 e. The molecular weight excluding hydrogens is 314 g/mol. The van der Waals surface area contributed by atoms with Crippen molar-refractivity contribution in [3.05, 3.63) is 54.2 Å². The predicted molar refractivity (Wildman–Crippen MR) is 98.8 cm³/mol. The Morgan fingerprint density at radius 2 is 1.76 bits per heavy atom. The van der Waals surface area contributed by atoms with Crippen LogP contribution in [0.15, 0.2) is 48.7 Å². The van der Waals surface area contributed by atoms with Gasteiger partial charge in [-0.2, -0.15) is 0 Å². The van der Waals surface area contributed by atoms with Crippen molar-refractivity contribution in [2.45, 2.75) is 25.7 Å². The number of hydrogen-bond acceptors (Lipinski definition) is 4.